The zero-order valence-electron chi connectivity index (χ0n) is 16.4. The van der Waals surface area contributed by atoms with Crippen LogP contribution in [-0.4, -0.2) is 31.6 Å². The Hall–Kier alpha value is -2.86. The third-order valence-corrected chi connectivity index (χ3v) is 5.01. The molecule has 6 nitrogen and oxygen atoms in total. The molecule has 1 saturated heterocycles. The Labute approximate surface area is 166 Å². The summed E-state index contributed by atoms with van der Waals surface area (Å²) in [7, 11) is 0. The molecule has 3 amide bonds. The molecule has 1 atom stereocenters. The van der Waals surface area contributed by atoms with Crippen LogP contribution in [-0.2, 0) is 0 Å². The lowest BCUT2D eigenvalue weighted by molar-refractivity contribution is 0.0951. The van der Waals surface area contributed by atoms with E-state index >= 15 is 0 Å². The summed E-state index contributed by atoms with van der Waals surface area (Å²) < 4.78 is 0. The van der Waals surface area contributed by atoms with E-state index in [0.717, 1.165) is 17.7 Å². The summed E-state index contributed by atoms with van der Waals surface area (Å²) in [5.41, 5.74) is 9.72. The lowest BCUT2D eigenvalue weighted by Crippen LogP contribution is -2.46. The zero-order valence-corrected chi connectivity index (χ0v) is 16.4. The van der Waals surface area contributed by atoms with Crippen molar-refractivity contribution in [2.75, 3.05) is 24.5 Å². The molecule has 6 heteroatoms. The van der Waals surface area contributed by atoms with Gasteiger partial charge in [-0.15, -0.1) is 0 Å². The van der Waals surface area contributed by atoms with Crippen molar-refractivity contribution in [1.82, 2.24) is 10.6 Å². The predicted molar refractivity (Wildman–Crippen MR) is 112 cm³/mol. The number of nitrogens with two attached hydrogens (primary N) is 1. The number of rotatable bonds is 6. The van der Waals surface area contributed by atoms with E-state index in [2.05, 4.69) is 36.6 Å². The minimum Gasteiger partial charge on any atom is -0.350 e. The van der Waals surface area contributed by atoms with Crippen LogP contribution in [0.3, 0.4) is 0 Å². The van der Waals surface area contributed by atoms with Gasteiger partial charge in [-0.05, 0) is 41.7 Å². The van der Waals surface area contributed by atoms with Crippen LogP contribution in [0.25, 0.3) is 0 Å². The van der Waals surface area contributed by atoms with Gasteiger partial charge in [0.2, 0.25) is 0 Å². The summed E-state index contributed by atoms with van der Waals surface area (Å²) in [5, 5.41) is 5.71. The van der Waals surface area contributed by atoms with E-state index in [9.17, 15) is 9.59 Å². The molecular formula is C22H28N4O2. The van der Waals surface area contributed by atoms with Crippen LogP contribution in [0.4, 0.5) is 10.5 Å². The standard InChI is InChI=1S/C22H28N4O2/c1-15(2)16-7-9-17(10-8-16)20(23)14-25-21(27)18-5-3-6-19(13-18)26-12-4-11-24-22(26)28/h3,5-10,13,15,20H,4,11-12,14,23H2,1-2H3,(H,24,28)(H,25,27). The molecule has 0 bridgehead atoms. The first kappa shape index (κ1) is 19.9. The van der Waals surface area contributed by atoms with Gasteiger partial charge in [-0.25, -0.2) is 4.79 Å². The van der Waals surface area contributed by atoms with Gasteiger partial charge in [0.05, 0.1) is 0 Å². The highest BCUT2D eigenvalue weighted by atomic mass is 16.2. The number of anilines is 1. The molecule has 2 aromatic carbocycles. The van der Waals surface area contributed by atoms with Crippen molar-refractivity contribution in [3.05, 3.63) is 65.2 Å². The van der Waals surface area contributed by atoms with E-state index in [1.807, 2.05) is 18.2 Å². The number of amides is 3. The highest BCUT2D eigenvalue weighted by Gasteiger charge is 2.20. The summed E-state index contributed by atoms with van der Waals surface area (Å²) in [6.45, 7) is 5.97. The molecule has 1 unspecified atom stereocenters. The Bertz CT molecular complexity index is 833. The Morgan fingerprint density at radius 2 is 1.89 bits per heavy atom. The minimum absolute atomic E-state index is 0.129. The molecule has 0 aromatic heterocycles. The van der Waals surface area contributed by atoms with E-state index in [1.165, 1.54) is 5.56 Å². The quantitative estimate of drug-likeness (QED) is 0.719. The first-order valence-electron chi connectivity index (χ1n) is 9.75. The second-order valence-electron chi connectivity index (χ2n) is 7.43. The Morgan fingerprint density at radius 3 is 2.57 bits per heavy atom. The first-order chi connectivity index (χ1) is 13.5. The molecule has 2 aromatic rings. The number of benzene rings is 2. The molecule has 0 spiro atoms. The summed E-state index contributed by atoms with van der Waals surface area (Å²) in [6.07, 6.45) is 0.882. The first-order valence-corrected chi connectivity index (χ1v) is 9.75. The Kier molecular flexibility index (Phi) is 6.31. The van der Waals surface area contributed by atoms with Crippen LogP contribution >= 0.6 is 0 Å². The Morgan fingerprint density at radius 1 is 1.18 bits per heavy atom. The van der Waals surface area contributed by atoms with Crippen molar-refractivity contribution in [2.45, 2.75) is 32.2 Å². The fraction of sp³-hybridized carbons (Fsp3) is 0.364. The largest absolute Gasteiger partial charge is 0.350 e. The molecule has 1 aliphatic rings. The van der Waals surface area contributed by atoms with E-state index in [1.54, 1.807) is 23.1 Å². The van der Waals surface area contributed by atoms with Gasteiger partial charge in [0.15, 0.2) is 0 Å². The number of nitrogens with zero attached hydrogens (tertiary/aromatic N) is 1. The van der Waals surface area contributed by atoms with Gasteiger partial charge in [0.1, 0.15) is 0 Å². The normalized spacial score (nSPS) is 15.3. The average Bonchev–Trinajstić information content (AvgIpc) is 2.72. The van der Waals surface area contributed by atoms with Crippen molar-refractivity contribution in [2.24, 2.45) is 5.73 Å². The van der Waals surface area contributed by atoms with Crippen molar-refractivity contribution in [1.29, 1.82) is 0 Å². The summed E-state index contributed by atoms with van der Waals surface area (Å²) in [6, 6.07) is 14.9. The third kappa shape index (κ3) is 4.70. The fourth-order valence-electron chi connectivity index (χ4n) is 3.24. The van der Waals surface area contributed by atoms with Crippen LogP contribution in [0, 0.1) is 0 Å². The fourth-order valence-corrected chi connectivity index (χ4v) is 3.24. The molecule has 3 rings (SSSR count). The van der Waals surface area contributed by atoms with Crippen molar-refractivity contribution in [3.8, 4) is 0 Å². The van der Waals surface area contributed by atoms with Gasteiger partial charge in [-0.3, -0.25) is 9.69 Å². The van der Waals surface area contributed by atoms with Gasteiger partial charge in [-0.1, -0.05) is 44.2 Å². The van der Waals surface area contributed by atoms with Gasteiger partial charge in [0, 0.05) is 36.9 Å². The van der Waals surface area contributed by atoms with Crippen LogP contribution in [0.2, 0.25) is 0 Å². The molecule has 1 fully saturated rings. The van der Waals surface area contributed by atoms with E-state index < -0.39 is 0 Å². The van der Waals surface area contributed by atoms with Crippen LogP contribution in [0.15, 0.2) is 48.5 Å². The number of carbonyl (C=O) groups is 2. The number of urea groups is 1. The second-order valence-corrected chi connectivity index (χ2v) is 7.43. The van der Waals surface area contributed by atoms with Gasteiger partial charge in [0.25, 0.3) is 5.91 Å². The molecule has 148 valence electrons. The van der Waals surface area contributed by atoms with Gasteiger partial charge in [-0.2, -0.15) is 0 Å². The predicted octanol–water partition coefficient (Wildman–Crippen LogP) is 3.16. The molecule has 1 aliphatic heterocycles. The zero-order chi connectivity index (χ0) is 20.1. The Balaban J connectivity index is 1.61. The van der Waals surface area contributed by atoms with Crippen molar-refractivity contribution in [3.63, 3.8) is 0 Å². The molecule has 0 radical (unpaired) electrons. The minimum atomic E-state index is -0.277. The molecular weight excluding hydrogens is 352 g/mol. The number of hydrogen-bond donors (Lipinski definition) is 3. The smallest absolute Gasteiger partial charge is 0.321 e. The van der Waals surface area contributed by atoms with Crippen LogP contribution < -0.4 is 21.3 Å². The molecule has 0 saturated carbocycles. The molecule has 1 heterocycles. The third-order valence-electron chi connectivity index (χ3n) is 5.01. The van der Waals surface area contributed by atoms with E-state index in [0.29, 0.717) is 31.1 Å². The highest BCUT2D eigenvalue weighted by Crippen LogP contribution is 2.19. The van der Waals surface area contributed by atoms with Crippen LogP contribution in [0.5, 0.6) is 0 Å². The molecule has 0 aliphatic carbocycles. The summed E-state index contributed by atoms with van der Waals surface area (Å²) >= 11 is 0. The number of hydrogen-bond acceptors (Lipinski definition) is 3. The second kappa shape index (κ2) is 8.89. The van der Waals surface area contributed by atoms with E-state index in [4.69, 9.17) is 5.73 Å². The van der Waals surface area contributed by atoms with Gasteiger partial charge >= 0.3 is 6.03 Å². The van der Waals surface area contributed by atoms with E-state index in [-0.39, 0.29) is 18.0 Å². The maximum atomic E-state index is 12.6. The summed E-state index contributed by atoms with van der Waals surface area (Å²) in [5.74, 6) is 0.271. The molecule has 28 heavy (non-hydrogen) atoms. The topological polar surface area (TPSA) is 87.5 Å². The highest BCUT2D eigenvalue weighted by molar-refractivity contribution is 5.97. The maximum absolute atomic E-state index is 12.6. The monoisotopic (exact) mass is 380 g/mol. The number of nitrogens with one attached hydrogen (secondary N) is 2. The SMILES string of the molecule is CC(C)c1ccc(C(N)CNC(=O)c2cccc(N3CCCNC3=O)c2)cc1. The van der Waals surface area contributed by atoms with Crippen molar-refractivity contribution < 1.29 is 9.59 Å². The lowest BCUT2D eigenvalue weighted by Gasteiger charge is -2.27. The van der Waals surface area contributed by atoms with Crippen LogP contribution in [0.1, 0.15) is 53.7 Å². The van der Waals surface area contributed by atoms with Crippen molar-refractivity contribution >= 4 is 17.6 Å². The summed E-state index contributed by atoms with van der Waals surface area (Å²) in [4.78, 5) is 26.2. The average molecular weight is 380 g/mol. The van der Waals surface area contributed by atoms with Gasteiger partial charge < -0.3 is 16.4 Å². The number of carbonyl (C=O) groups excluding carboxylic acids is 2. The molecule has 4 N–H and O–H groups in total. The maximum Gasteiger partial charge on any atom is 0.321 e. The lowest BCUT2D eigenvalue weighted by atomic mass is 9.99.